The minimum absolute atomic E-state index is 0.0639. The zero-order valence-electron chi connectivity index (χ0n) is 19.2. The van der Waals surface area contributed by atoms with E-state index in [0.29, 0.717) is 24.1 Å². The molecule has 1 fully saturated rings. The largest absolute Gasteiger partial charge is 0.350 e. The van der Waals surface area contributed by atoms with Crippen molar-refractivity contribution in [3.8, 4) is 0 Å². The van der Waals surface area contributed by atoms with E-state index >= 15 is 0 Å². The van der Waals surface area contributed by atoms with Crippen LogP contribution in [0.3, 0.4) is 0 Å². The van der Waals surface area contributed by atoms with Crippen molar-refractivity contribution < 1.29 is 14.4 Å². The monoisotopic (exact) mass is 435 g/mol. The Labute approximate surface area is 190 Å². The number of carbonyl (C=O) groups is 3. The molecule has 2 aromatic rings. The molecule has 1 saturated heterocycles. The molecule has 6 heteroatoms. The number of amides is 3. The highest BCUT2D eigenvalue weighted by atomic mass is 16.2. The van der Waals surface area contributed by atoms with Crippen molar-refractivity contribution in [3.63, 3.8) is 0 Å². The summed E-state index contributed by atoms with van der Waals surface area (Å²) < 4.78 is 0. The third-order valence-corrected chi connectivity index (χ3v) is 5.78. The number of likely N-dealkylation sites (tertiary alicyclic amines) is 1. The maximum atomic E-state index is 12.9. The Morgan fingerprint density at radius 3 is 2.25 bits per heavy atom. The Hall–Kier alpha value is -3.15. The molecule has 0 bridgehead atoms. The molecule has 0 radical (unpaired) electrons. The van der Waals surface area contributed by atoms with Crippen molar-refractivity contribution in [1.82, 2.24) is 15.5 Å². The molecule has 2 N–H and O–H groups in total. The standard InChI is InChI=1S/C26H33N3O3/c1-18(2)16-23(28-24(30)22-9-5-4-8-19(22)3)25(31)27-17-20-10-12-21(13-11-20)26(32)29-14-6-7-15-29/h4-5,8-13,18,23H,6-7,14-17H2,1-3H3,(H,27,31)(H,28,30). The van der Waals surface area contributed by atoms with Gasteiger partial charge in [-0.3, -0.25) is 14.4 Å². The normalized spacial score (nSPS) is 14.3. The summed E-state index contributed by atoms with van der Waals surface area (Å²) in [6.45, 7) is 7.91. The Kier molecular flexibility index (Phi) is 8.03. The van der Waals surface area contributed by atoms with Crippen LogP contribution in [0.4, 0.5) is 0 Å². The van der Waals surface area contributed by atoms with Crippen LogP contribution in [0.2, 0.25) is 0 Å². The number of benzene rings is 2. The predicted molar refractivity (Wildman–Crippen MR) is 125 cm³/mol. The van der Waals surface area contributed by atoms with Gasteiger partial charge < -0.3 is 15.5 Å². The van der Waals surface area contributed by atoms with Gasteiger partial charge in [0.05, 0.1) is 0 Å². The summed E-state index contributed by atoms with van der Waals surface area (Å²) in [5.41, 5.74) is 3.03. The molecule has 1 aliphatic rings. The lowest BCUT2D eigenvalue weighted by Gasteiger charge is -2.21. The average Bonchev–Trinajstić information content (AvgIpc) is 3.32. The van der Waals surface area contributed by atoms with Gasteiger partial charge >= 0.3 is 0 Å². The van der Waals surface area contributed by atoms with E-state index < -0.39 is 6.04 Å². The van der Waals surface area contributed by atoms with E-state index in [1.54, 1.807) is 6.07 Å². The number of hydrogen-bond donors (Lipinski definition) is 2. The molecule has 0 spiro atoms. The fourth-order valence-corrected chi connectivity index (χ4v) is 3.95. The van der Waals surface area contributed by atoms with Crippen molar-refractivity contribution in [2.45, 2.75) is 52.6 Å². The molecule has 1 heterocycles. The Morgan fingerprint density at radius 1 is 0.969 bits per heavy atom. The van der Waals surface area contributed by atoms with Crippen LogP contribution in [0.15, 0.2) is 48.5 Å². The predicted octanol–water partition coefficient (Wildman–Crippen LogP) is 3.69. The first-order valence-corrected chi connectivity index (χ1v) is 11.4. The van der Waals surface area contributed by atoms with E-state index in [1.807, 2.05) is 68.1 Å². The molecule has 6 nitrogen and oxygen atoms in total. The van der Waals surface area contributed by atoms with Crippen molar-refractivity contribution in [1.29, 1.82) is 0 Å². The molecule has 3 amide bonds. The highest BCUT2D eigenvalue weighted by Crippen LogP contribution is 2.14. The van der Waals surface area contributed by atoms with Crippen LogP contribution >= 0.6 is 0 Å². The SMILES string of the molecule is Cc1ccccc1C(=O)NC(CC(C)C)C(=O)NCc1ccc(C(=O)N2CCCC2)cc1. The fraction of sp³-hybridized carbons (Fsp3) is 0.423. The van der Waals surface area contributed by atoms with Gasteiger partial charge in [-0.25, -0.2) is 0 Å². The molecular formula is C26H33N3O3. The first kappa shape index (κ1) is 23.5. The molecule has 32 heavy (non-hydrogen) atoms. The van der Waals surface area contributed by atoms with E-state index in [2.05, 4.69) is 10.6 Å². The summed E-state index contributed by atoms with van der Waals surface area (Å²) in [5.74, 6) is -0.140. The second-order valence-corrected chi connectivity index (χ2v) is 8.88. The molecule has 1 aliphatic heterocycles. The lowest BCUT2D eigenvalue weighted by atomic mass is 10.0. The molecule has 0 saturated carbocycles. The Bertz CT molecular complexity index is 947. The van der Waals surface area contributed by atoms with Gasteiger partial charge in [-0.2, -0.15) is 0 Å². The van der Waals surface area contributed by atoms with Gasteiger partial charge in [0.25, 0.3) is 11.8 Å². The van der Waals surface area contributed by atoms with E-state index in [1.165, 1.54) is 0 Å². The van der Waals surface area contributed by atoms with Crippen LogP contribution in [-0.2, 0) is 11.3 Å². The fourth-order valence-electron chi connectivity index (χ4n) is 3.95. The first-order valence-electron chi connectivity index (χ1n) is 11.4. The zero-order chi connectivity index (χ0) is 23.1. The van der Waals surface area contributed by atoms with Gasteiger partial charge in [-0.15, -0.1) is 0 Å². The number of aryl methyl sites for hydroxylation is 1. The van der Waals surface area contributed by atoms with Gasteiger partial charge in [0.1, 0.15) is 6.04 Å². The highest BCUT2D eigenvalue weighted by Gasteiger charge is 2.23. The quantitative estimate of drug-likeness (QED) is 0.664. The Balaban J connectivity index is 1.59. The lowest BCUT2D eigenvalue weighted by molar-refractivity contribution is -0.123. The Morgan fingerprint density at radius 2 is 1.62 bits per heavy atom. The van der Waals surface area contributed by atoms with Crippen molar-refractivity contribution >= 4 is 17.7 Å². The summed E-state index contributed by atoms with van der Waals surface area (Å²) in [6.07, 6.45) is 2.67. The molecule has 170 valence electrons. The van der Waals surface area contributed by atoms with Gasteiger partial charge in [-0.05, 0) is 61.4 Å². The zero-order valence-corrected chi connectivity index (χ0v) is 19.2. The molecule has 2 aromatic carbocycles. The van der Waals surface area contributed by atoms with Crippen LogP contribution in [0.1, 0.15) is 65.0 Å². The molecular weight excluding hydrogens is 402 g/mol. The van der Waals surface area contributed by atoms with Crippen LogP contribution < -0.4 is 10.6 Å². The van der Waals surface area contributed by atoms with Crippen LogP contribution in [0.25, 0.3) is 0 Å². The van der Waals surface area contributed by atoms with Crippen molar-refractivity contribution in [2.24, 2.45) is 5.92 Å². The number of rotatable bonds is 8. The van der Waals surface area contributed by atoms with E-state index in [9.17, 15) is 14.4 Å². The number of nitrogens with one attached hydrogen (secondary N) is 2. The molecule has 0 aliphatic carbocycles. The summed E-state index contributed by atoms with van der Waals surface area (Å²) in [4.78, 5) is 39.9. The van der Waals surface area contributed by atoms with E-state index in [0.717, 1.165) is 37.1 Å². The minimum Gasteiger partial charge on any atom is -0.350 e. The summed E-state index contributed by atoms with van der Waals surface area (Å²) in [5, 5.41) is 5.83. The lowest BCUT2D eigenvalue weighted by Crippen LogP contribution is -2.47. The molecule has 1 unspecified atom stereocenters. The topological polar surface area (TPSA) is 78.5 Å². The highest BCUT2D eigenvalue weighted by molar-refractivity contribution is 5.98. The van der Waals surface area contributed by atoms with E-state index in [-0.39, 0.29) is 23.6 Å². The smallest absolute Gasteiger partial charge is 0.253 e. The average molecular weight is 436 g/mol. The van der Waals surface area contributed by atoms with Crippen molar-refractivity contribution in [3.05, 3.63) is 70.8 Å². The first-order chi connectivity index (χ1) is 15.3. The molecule has 1 atom stereocenters. The van der Waals surface area contributed by atoms with Crippen LogP contribution in [-0.4, -0.2) is 41.8 Å². The van der Waals surface area contributed by atoms with Crippen LogP contribution in [0, 0.1) is 12.8 Å². The van der Waals surface area contributed by atoms with Gasteiger partial charge in [0, 0.05) is 30.8 Å². The summed E-state index contributed by atoms with van der Waals surface area (Å²) in [6, 6.07) is 14.1. The van der Waals surface area contributed by atoms with Crippen LogP contribution in [0.5, 0.6) is 0 Å². The summed E-state index contributed by atoms with van der Waals surface area (Å²) >= 11 is 0. The number of carbonyl (C=O) groups excluding carboxylic acids is 3. The summed E-state index contributed by atoms with van der Waals surface area (Å²) in [7, 11) is 0. The third-order valence-electron chi connectivity index (χ3n) is 5.78. The van der Waals surface area contributed by atoms with Gasteiger partial charge in [0.15, 0.2) is 0 Å². The number of nitrogens with zero attached hydrogens (tertiary/aromatic N) is 1. The second kappa shape index (κ2) is 10.9. The van der Waals surface area contributed by atoms with E-state index in [4.69, 9.17) is 0 Å². The maximum Gasteiger partial charge on any atom is 0.253 e. The second-order valence-electron chi connectivity index (χ2n) is 8.88. The molecule has 0 aromatic heterocycles. The van der Waals surface area contributed by atoms with Gasteiger partial charge in [-0.1, -0.05) is 44.2 Å². The third kappa shape index (κ3) is 6.19. The molecule has 3 rings (SSSR count). The van der Waals surface area contributed by atoms with Gasteiger partial charge in [0.2, 0.25) is 5.91 Å². The van der Waals surface area contributed by atoms with Crippen molar-refractivity contribution in [2.75, 3.05) is 13.1 Å². The number of hydrogen-bond acceptors (Lipinski definition) is 3. The minimum atomic E-state index is -0.613. The maximum absolute atomic E-state index is 12.9.